The molecular weight excluding hydrogens is 242 g/mol. The van der Waals surface area contributed by atoms with Crippen LogP contribution in [-0.4, -0.2) is 16.5 Å². The zero-order valence-electron chi connectivity index (χ0n) is 8.84. The first-order valence-corrected chi connectivity index (χ1v) is 5.74. The Morgan fingerprint density at radius 1 is 1.50 bits per heavy atom. The minimum atomic E-state index is 0.417. The van der Waals surface area contributed by atoms with Crippen molar-refractivity contribution in [2.75, 3.05) is 11.9 Å². The molecule has 1 aromatic rings. The summed E-state index contributed by atoms with van der Waals surface area (Å²) in [5.41, 5.74) is 0. The predicted molar refractivity (Wildman–Crippen MR) is 62.6 cm³/mol. The highest BCUT2D eigenvalue weighted by atomic mass is 79.9. The molecule has 14 heavy (non-hydrogen) atoms. The molecule has 0 bridgehead atoms. The lowest BCUT2D eigenvalue weighted by molar-refractivity contribution is 0.678. The van der Waals surface area contributed by atoms with Crippen LogP contribution in [0.2, 0.25) is 0 Å². The monoisotopic (exact) mass is 257 g/mol. The van der Waals surface area contributed by atoms with Gasteiger partial charge in [-0.2, -0.15) is 0 Å². The molecule has 1 rings (SSSR count). The number of rotatable bonds is 4. The lowest BCUT2D eigenvalue weighted by atomic mass is 10.1. The number of hydrogen-bond donors (Lipinski definition) is 1. The summed E-state index contributed by atoms with van der Waals surface area (Å²) in [6.07, 6.45) is 2.87. The number of halogens is 1. The Kier molecular flexibility index (Phi) is 4.32. The molecule has 0 aliphatic heterocycles. The second-order valence-corrected chi connectivity index (χ2v) is 4.12. The molecule has 0 aliphatic carbocycles. The van der Waals surface area contributed by atoms with Gasteiger partial charge in [-0.1, -0.05) is 13.8 Å². The second kappa shape index (κ2) is 5.29. The molecule has 0 radical (unpaired) electrons. The fourth-order valence-electron chi connectivity index (χ4n) is 1.09. The molecule has 0 saturated carbocycles. The Bertz CT molecular complexity index is 301. The number of nitrogens with one attached hydrogen (secondary N) is 1. The molecular formula is C10H16BrN3. The smallest absolute Gasteiger partial charge is 0.144 e. The molecule has 3 nitrogen and oxygen atoms in total. The second-order valence-electron chi connectivity index (χ2n) is 3.26. The van der Waals surface area contributed by atoms with Crippen molar-refractivity contribution in [3.05, 3.63) is 16.5 Å². The van der Waals surface area contributed by atoms with Crippen molar-refractivity contribution in [2.24, 2.45) is 0 Å². The van der Waals surface area contributed by atoms with Gasteiger partial charge < -0.3 is 5.32 Å². The molecule has 4 heteroatoms. The van der Waals surface area contributed by atoms with Crippen molar-refractivity contribution < 1.29 is 0 Å². The average molecular weight is 258 g/mol. The van der Waals surface area contributed by atoms with Gasteiger partial charge in [0, 0.05) is 18.7 Å². The summed E-state index contributed by atoms with van der Waals surface area (Å²) in [5.74, 6) is 2.21. The van der Waals surface area contributed by atoms with Crippen molar-refractivity contribution in [3.8, 4) is 0 Å². The minimum absolute atomic E-state index is 0.417. The molecule has 0 saturated heterocycles. The van der Waals surface area contributed by atoms with Crippen molar-refractivity contribution in [1.29, 1.82) is 0 Å². The van der Waals surface area contributed by atoms with Crippen LogP contribution in [-0.2, 0) is 0 Å². The number of anilines is 1. The van der Waals surface area contributed by atoms with Gasteiger partial charge >= 0.3 is 0 Å². The van der Waals surface area contributed by atoms with E-state index in [1.165, 1.54) is 0 Å². The fraction of sp³-hybridized carbons (Fsp3) is 0.600. The third kappa shape index (κ3) is 2.67. The normalized spacial score (nSPS) is 12.6. The Hall–Kier alpha value is -0.640. The minimum Gasteiger partial charge on any atom is -0.369 e. The summed E-state index contributed by atoms with van der Waals surface area (Å²) in [4.78, 5) is 8.76. The highest BCUT2D eigenvalue weighted by Gasteiger charge is 2.09. The summed E-state index contributed by atoms with van der Waals surface area (Å²) in [6, 6.07) is 0. The first-order valence-electron chi connectivity index (χ1n) is 4.95. The summed E-state index contributed by atoms with van der Waals surface area (Å²) >= 11 is 3.41. The van der Waals surface area contributed by atoms with Crippen LogP contribution >= 0.6 is 15.9 Å². The lowest BCUT2D eigenvalue weighted by Gasteiger charge is -2.10. The number of nitrogens with zero attached hydrogens (tertiary/aromatic N) is 2. The van der Waals surface area contributed by atoms with Gasteiger partial charge in [-0.25, -0.2) is 9.97 Å². The van der Waals surface area contributed by atoms with E-state index in [0.717, 1.165) is 29.1 Å². The van der Waals surface area contributed by atoms with Gasteiger partial charge in [0.05, 0.1) is 4.47 Å². The van der Waals surface area contributed by atoms with Crippen LogP contribution in [0.25, 0.3) is 0 Å². The van der Waals surface area contributed by atoms with E-state index in [-0.39, 0.29) is 0 Å². The van der Waals surface area contributed by atoms with Crippen molar-refractivity contribution in [1.82, 2.24) is 9.97 Å². The Labute approximate surface area is 93.5 Å². The van der Waals surface area contributed by atoms with Gasteiger partial charge in [0.2, 0.25) is 0 Å². The lowest BCUT2D eigenvalue weighted by Crippen LogP contribution is -2.06. The van der Waals surface area contributed by atoms with Gasteiger partial charge in [-0.3, -0.25) is 0 Å². The van der Waals surface area contributed by atoms with E-state index in [9.17, 15) is 0 Å². The van der Waals surface area contributed by atoms with Gasteiger partial charge in [-0.15, -0.1) is 0 Å². The van der Waals surface area contributed by atoms with E-state index in [1.54, 1.807) is 0 Å². The molecule has 1 heterocycles. The Morgan fingerprint density at radius 3 is 2.79 bits per heavy atom. The summed E-state index contributed by atoms with van der Waals surface area (Å²) in [7, 11) is 0. The third-order valence-electron chi connectivity index (χ3n) is 2.16. The quantitative estimate of drug-likeness (QED) is 0.901. The highest BCUT2D eigenvalue weighted by molar-refractivity contribution is 9.10. The van der Waals surface area contributed by atoms with Gasteiger partial charge in [0.15, 0.2) is 0 Å². The van der Waals surface area contributed by atoms with Crippen LogP contribution in [0, 0.1) is 0 Å². The molecule has 78 valence electrons. The van der Waals surface area contributed by atoms with E-state index >= 15 is 0 Å². The van der Waals surface area contributed by atoms with E-state index in [0.29, 0.717) is 5.92 Å². The first kappa shape index (κ1) is 11.4. The fourth-order valence-corrected chi connectivity index (χ4v) is 1.42. The number of hydrogen-bond acceptors (Lipinski definition) is 3. The third-order valence-corrected chi connectivity index (χ3v) is 2.74. The standard InChI is InChI=1S/C10H16BrN3/c1-4-7(3)9-13-6-8(11)10(14-9)12-5-2/h6-7H,4-5H2,1-3H3,(H,12,13,14). The SMILES string of the molecule is CCNc1nc(C(C)CC)ncc1Br. The van der Waals surface area contributed by atoms with Crippen LogP contribution in [0.15, 0.2) is 10.7 Å². The molecule has 1 unspecified atom stereocenters. The van der Waals surface area contributed by atoms with Crippen LogP contribution in [0.3, 0.4) is 0 Å². The van der Waals surface area contributed by atoms with E-state index in [1.807, 2.05) is 6.20 Å². The van der Waals surface area contributed by atoms with E-state index in [4.69, 9.17) is 0 Å². The maximum atomic E-state index is 4.46. The number of aromatic nitrogens is 2. The average Bonchev–Trinajstić information content (AvgIpc) is 2.20. The van der Waals surface area contributed by atoms with Crippen LogP contribution in [0.1, 0.15) is 38.9 Å². The zero-order valence-corrected chi connectivity index (χ0v) is 10.4. The molecule has 0 spiro atoms. The first-order chi connectivity index (χ1) is 6.69. The van der Waals surface area contributed by atoms with Gasteiger partial charge in [-0.05, 0) is 29.3 Å². The predicted octanol–water partition coefficient (Wildman–Crippen LogP) is 3.18. The molecule has 1 N–H and O–H groups in total. The molecule has 0 fully saturated rings. The maximum absolute atomic E-state index is 4.46. The molecule has 0 aromatic carbocycles. The van der Waals surface area contributed by atoms with E-state index < -0.39 is 0 Å². The van der Waals surface area contributed by atoms with Gasteiger partial charge in [0.1, 0.15) is 11.6 Å². The van der Waals surface area contributed by atoms with Crippen LogP contribution in [0.5, 0.6) is 0 Å². The van der Waals surface area contributed by atoms with Crippen molar-refractivity contribution >= 4 is 21.7 Å². The Balaban J connectivity index is 2.93. The summed E-state index contributed by atoms with van der Waals surface area (Å²) in [5, 5.41) is 3.20. The maximum Gasteiger partial charge on any atom is 0.144 e. The topological polar surface area (TPSA) is 37.8 Å². The zero-order chi connectivity index (χ0) is 10.6. The molecule has 1 aromatic heterocycles. The van der Waals surface area contributed by atoms with Crippen LogP contribution in [0.4, 0.5) is 5.82 Å². The van der Waals surface area contributed by atoms with Gasteiger partial charge in [0.25, 0.3) is 0 Å². The molecule has 1 atom stereocenters. The summed E-state index contributed by atoms with van der Waals surface area (Å²) < 4.78 is 0.923. The van der Waals surface area contributed by atoms with Crippen molar-refractivity contribution in [3.63, 3.8) is 0 Å². The Morgan fingerprint density at radius 2 is 2.21 bits per heavy atom. The van der Waals surface area contributed by atoms with E-state index in [2.05, 4.69) is 52.0 Å². The molecule has 0 amide bonds. The van der Waals surface area contributed by atoms with Crippen LogP contribution < -0.4 is 5.32 Å². The molecule has 0 aliphatic rings. The summed E-state index contributed by atoms with van der Waals surface area (Å²) in [6.45, 7) is 7.20. The van der Waals surface area contributed by atoms with Crippen molar-refractivity contribution in [2.45, 2.75) is 33.1 Å². The highest BCUT2D eigenvalue weighted by Crippen LogP contribution is 2.22. The largest absolute Gasteiger partial charge is 0.369 e.